The highest BCUT2D eigenvalue weighted by Gasteiger charge is 2.03. The highest BCUT2D eigenvalue weighted by molar-refractivity contribution is 14.0. The Balaban J connectivity index is 0.00000324. The molecule has 1 aromatic carbocycles. The van der Waals surface area contributed by atoms with Crippen molar-refractivity contribution in [2.75, 3.05) is 6.54 Å². The van der Waals surface area contributed by atoms with Gasteiger partial charge >= 0.3 is 0 Å². The molecule has 1 rings (SSSR count). The largest absolute Gasteiger partial charge is 0.357 e. The van der Waals surface area contributed by atoms with Gasteiger partial charge in [-0.25, -0.2) is 4.99 Å². The van der Waals surface area contributed by atoms with Crippen LogP contribution in [0.25, 0.3) is 0 Å². The van der Waals surface area contributed by atoms with Crippen LogP contribution in [0.5, 0.6) is 0 Å². The van der Waals surface area contributed by atoms with Gasteiger partial charge in [0.15, 0.2) is 5.96 Å². The zero-order valence-corrected chi connectivity index (χ0v) is 14.8. The number of hydrogen-bond acceptors (Lipinski definition) is 1. The van der Waals surface area contributed by atoms with Crippen LogP contribution in [-0.4, -0.2) is 18.5 Å². The zero-order valence-electron chi connectivity index (χ0n) is 11.7. The van der Waals surface area contributed by atoms with E-state index in [-0.39, 0.29) is 24.0 Å². The number of rotatable bonds is 5. The molecular formula is C14H23ClIN3. The second-order valence-corrected chi connectivity index (χ2v) is 4.65. The van der Waals surface area contributed by atoms with E-state index >= 15 is 0 Å². The summed E-state index contributed by atoms with van der Waals surface area (Å²) in [6.45, 7) is 7.79. The topological polar surface area (TPSA) is 36.4 Å². The van der Waals surface area contributed by atoms with E-state index in [4.69, 9.17) is 11.6 Å². The van der Waals surface area contributed by atoms with E-state index in [1.54, 1.807) is 0 Å². The van der Waals surface area contributed by atoms with Gasteiger partial charge in [0.25, 0.3) is 0 Å². The standard InChI is InChI=1S/C14H22ClN3.HI/c1-4-11(3)18-14(16-5-2)17-10-12-8-6-7-9-13(12)15;/h6-9,11H,4-5,10H2,1-3H3,(H2,16,17,18);1H. The molecule has 0 aliphatic heterocycles. The van der Waals surface area contributed by atoms with Crippen LogP contribution in [-0.2, 0) is 6.54 Å². The normalized spacial score (nSPS) is 12.5. The summed E-state index contributed by atoms with van der Waals surface area (Å²) in [5.74, 6) is 0.840. The van der Waals surface area contributed by atoms with E-state index in [2.05, 4.69) is 36.4 Å². The Morgan fingerprint density at radius 2 is 2.00 bits per heavy atom. The molecule has 0 aliphatic carbocycles. The fourth-order valence-corrected chi connectivity index (χ4v) is 1.64. The minimum Gasteiger partial charge on any atom is -0.357 e. The van der Waals surface area contributed by atoms with Crippen LogP contribution >= 0.6 is 35.6 Å². The molecule has 5 heteroatoms. The van der Waals surface area contributed by atoms with Crippen molar-refractivity contribution in [2.45, 2.75) is 39.8 Å². The molecule has 0 fully saturated rings. The smallest absolute Gasteiger partial charge is 0.191 e. The molecule has 0 amide bonds. The molecule has 19 heavy (non-hydrogen) atoms. The molecule has 0 aliphatic rings. The quantitative estimate of drug-likeness (QED) is 0.452. The summed E-state index contributed by atoms with van der Waals surface area (Å²) >= 11 is 6.11. The van der Waals surface area contributed by atoms with Gasteiger partial charge in [-0.2, -0.15) is 0 Å². The molecule has 0 saturated carbocycles. The van der Waals surface area contributed by atoms with Gasteiger partial charge in [-0.05, 0) is 31.9 Å². The van der Waals surface area contributed by atoms with Gasteiger partial charge in [0.1, 0.15) is 0 Å². The molecule has 1 atom stereocenters. The maximum Gasteiger partial charge on any atom is 0.191 e. The van der Waals surface area contributed by atoms with E-state index in [1.807, 2.05) is 24.3 Å². The lowest BCUT2D eigenvalue weighted by Gasteiger charge is -2.16. The number of aliphatic imine (C=N–C) groups is 1. The highest BCUT2D eigenvalue weighted by atomic mass is 127. The SMILES string of the molecule is CCNC(=NCc1ccccc1Cl)NC(C)CC.I. The number of guanidine groups is 1. The summed E-state index contributed by atoms with van der Waals surface area (Å²) in [5.41, 5.74) is 1.04. The number of hydrogen-bond donors (Lipinski definition) is 2. The minimum atomic E-state index is 0. The van der Waals surface area contributed by atoms with Crippen LogP contribution in [0.3, 0.4) is 0 Å². The predicted molar refractivity (Wildman–Crippen MR) is 94.6 cm³/mol. The summed E-state index contributed by atoms with van der Waals surface area (Å²) in [4.78, 5) is 4.54. The Morgan fingerprint density at radius 1 is 1.32 bits per heavy atom. The van der Waals surface area contributed by atoms with Crippen molar-refractivity contribution >= 4 is 41.5 Å². The molecule has 0 bridgehead atoms. The minimum absolute atomic E-state index is 0. The second-order valence-electron chi connectivity index (χ2n) is 4.24. The van der Waals surface area contributed by atoms with Crippen molar-refractivity contribution in [1.82, 2.24) is 10.6 Å². The molecule has 0 saturated heterocycles. The van der Waals surface area contributed by atoms with Gasteiger partial charge in [0.2, 0.25) is 0 Å². The average Bonchev–Trinajstić information content (AvgIpc) is 2.37. The molecular weight excluding hydrogens is 373 g/mol. The fraction of sp³-hybridized carbons (Fsp3) is 0.500. The third-order valence-corrected chi connectivity index (χ3v) is 3.07. The van der Waals surface area contributed by atoms with Crippen molar-refractivity contribution in [3.05, 3.63) is 34.9 Å². The Bertz CT molecular complexity index is 396. The summed E-state index contributed by atoms with van der Waals surface area (Å²) < 4.78 is 0. The van der Waals surface area contributed by atoms with Crippen LogP contribution in [0.2, 0.25) is 5.02 Å². The maximum atomic E-state index is 6.11. The van der Waals surface area contributed by atoms with Gasteiger partial charge in [-0.3, -0.25) is 0 Å². The lowest BCUT2D eigenvalue weighted by atomic mass is 10.2. The van der Waals surface area contributed by atoms with E-state index in [0.29, 0.717) is 12.6 Å². The second kappa shape index (κ2) is 10.3. The van der Waals surface area contributed by atoms with Gasteiger partial charge in [0.05, 0.1) is 6.54 Å². The Kier molecular flexibility index (Phi) is 10.0. The van der Waals surface area contributed by atoms with Crippen LogP contribution in [0.4, 0.5) is 0 Å². The molecule has 2 N–H and O–H groups in total. The first-order valence-electron chi connectivity index (χ1n) is 6.45. The van der Waals surface area contributed by atoms with Crippen LogP contribution < -0.4 is 10.6 Å². The maximum absolute atomic E-state index is 6.11. The van der Waals surface area contributed by atoms with Crippen LogP contribution in [0.15, 0.2) is 29.3 Å². The van der Waals surface area contributed by atoms with Crippen molar-refractivity contribution in [2.24, 2.45) is 4.99 Å². The van der Waals surface area contributed by atoms with Crippen LogP contribution in [0, 0.1) is 0 Å². The zero-order chi connectivity index (χ0) is 13.4. The number of nitrogens with one attached hydrogen (secondary N) is 2. The van der Waals surface area contributed by atoms with E-state index in [1.165, 1.54) is 0 Å². The van der Waals surface area contributed by atoms with Gasteiger partial charge in [-0.1, -0.05) is 36.7 Å². The summed E-state index contributed by atoms with van der Waals surface area (Å²) in [6.07, 6.45) is 1.07. The third-order valence-electron chi connectivity index (χ3n) is 2.71. The Labute approximate surface area is 138 Å². The lowest BCUT2D eigenvalue weighted by molar-refractivity contribution is 0.624. The molecule has 0 aromatic heterocycles. The third kappa shape index (κ3) is 7.01. The molecule has 0 radical (unpaired) electrons. The molecule has 1 unspecified atom stereocenters. The molecule has 1 aromatic rings. The first-order valence-corrected chi connectivity index (χ1v) is 6.83. The average molecular weight is 396 g/mol. The van der Waals surface area contributed by atoms with Crippen molar-refractivity contribution in [1.29, 1.82) is 0 Å². The summed E-state index contributed by atoms with van der Waals surface area (Å²) in [6, 6.07) is 8.21. The first-order chi connectivity index (χ1) is 8.67. The van der Waals surface area contributed by atoms with Gasteiger partial charge in [-0.15, -0.1) is 24.0 Å². The molecule has 0 heterocycles. The molecule has 108 valence electrons. The fourth-order valence-electron chi connectivity index (χ4n) is 1.45. The predicted octanol–water partition coefficient (Wildman–Crippen LogP) is 3.81. The Hall–Kier alpha value is -0.490. The number of halogens is 2. The number of benzene rings is 1. The highest BCUT2D eigenvalue weighted by Crippen LogP contribution is 2.15. The van der Waals surface area contributed by atoms with Crippen molar-refractivity contribution in [3.63, 3.8) is 0 Å². The Morgan fingerprint density at radius 3 is 2.58 bits per heavy atom. The van der Waals surface area contributed by atoms with Gasteiger partial charge in [0, 0.05) is 17.6 Å². The van der Waals surface area contributed by atoms with Crippen molar-refractivity contribution in [3.8, 4) is 0 Å². The number of nitrogens with zero attached hydrogens (tertiary/aromatic N) is 1. The van der Waals surface area contributed by atoms with E-state index in [0.717, 1.165) is 29.5 Å². The monoisotopic (exact) mass is 395 g/mol. The van der Waals surface area contributed by atoms with E-state index in [9.17, 15) is 0 Å². The van der Waals surface area contributed by atoms with Gasteiger partial charge < -0.3 is 10.6 Å². The summed E-state index contributed by atoms with van der Waals surface area (Å²) in [5, 5.41) is 7.35. The molecule has 3 nitrogen and oxygen atoms in total. The molecule has 0 spiro atoms. The lowest BCUT2D eigenvalue weighted by Crippen LogP contribution is -2.41. The van der Waals surface area contributed by atoms with E-state index < -0.39 is 0 Å². The first kappa shape index (κ1) is 18.5. The van der Waals surface area contributed by atoms with Crippen LogP contribution in [0.1, 0.15) is 32.8 Å². The van der Waals surface area contributed by atoms with Crippen molar-refractivity contribution < 1.29 is 0 Å². The summed E-state index contributed by atoms with van der Waals surface area (Å²) in [7, 11) is 0.